The van der Waals surface area contributed by atoms with E-state index in [1.165, 1.54) is 6.07 Å². The van der Waals surface area contributed by atoms with E-state index < -0.39 is 5.82 Å². The van der Waals surface area contributed by atoms with Crippen molar-refractivity contribution < 1.29 is 19.0 Å². The zero-order chi connectivity index (χ0) is 18.5. The molecule has 1 aromatic heterocycles. The number of nitrogens with one attached hydrogen (secondary N) is 2. The monoisotopic (exact) mass is 425 g/mol. The van der Waals surface area contributed by atoms with Crippen molar-refractivity contribution in [1.82, 2.24) is 15.6 Å². The van der Waals surface area contributed by atoms with Gasteiger partial charge in [-0.25, -0.2) is 9.02 Å². The Hall–Kier alpha value is -2.33. The predicted octanol–water partition coefficient (Wildman–Crippen LogP) is 2.33. The van der Waals surface area contributed by atoms with Crippen LogP contribution in [0.25, 0.3) is 0 Å². The number of amides is 1. The molecule has 0 saturated carbocycles. The lowest BCUT2D eigenvalue weighted by molar-refractivity contribution is -0.120. The van der Waals surface area contributed by atoms with Gasteiger partial charge in [-0.05, 0) is 63.3 Å². The quantitative estimate of drug-likeness (QED) is 0.384. The summed E-state index contributed by atoms with van der Waals surface area (Å²) in [6.45, 7) is 1.49. The summed E-state index contributed by atoms with van der Waals surface area (Å²) in [5, 5.41) is 25.9. The number of hydrogen-bond donors (Lipinski definition) is 3. The van der Waals surface area contributed by atoms with Crippen molar-refractivity contribution in [2.45, 2.75) is 19.3 Å². The Morgan fingerprint density at radius 3 is 3.04 bits per heavy atom. The number of nitrogens with zero attached hydrogens (tertiary/aromatic N) is 3. The maximum atomic E-state index is 13.4. The molecule has 0 radical (unpaired) electrons. The second-order valence-electron chi connectivity index (χ2n) is 5.97. The van der Waals surface area contributed by atoms with Gasteiger partial charge in [-0.2, -0.15) is 0 Å². The van der Waals surface area contributed by atoms with Crippen molar-refractivity contribution in [2.24, 2.45) is 11.1 Å². The molecule has 1 amide bonds. The fourth-order valence-corrected chi connectivity index (χ4v) is 3.19. The molecule has 1 unspecified atom stereocenters. The molecule has 1 aromatic carbocycles. The molecule has 10 heteroatoms. The summed E-state index contributed by atoms with van der Waals surface area (Å²) in [4.78, 5) is 12.4. The van der Waals surface area contributed by atoms with Crippen molar-refractivity contribution in [3.63, 3.8) is 0 Å². The van der Waals surface area contributed by atoms with Gasteiger partial charge < -0.3 is 15.8 Å². The third-order valence-corrected chi connectivity index (χ3v) is 4.76. The molecule has 1 aliphatic heterocycles. The highest BCUT2D eigenvalue weighted by molar-refractivity contribution is 9.10. The van der Waals surface area contributed by atoms with Gasteiger partial charge in [0.1, 0.15) is 11.5 Å². The average Bonchev–Trinajstić information content (AvgIpc) is 3.11. The standard InChI is InChI=1S/C16H17BrFN5O3/c17-11-6-9(3-4-12(11)18)7-13(21-25)14-15(23-26-22-14)20-16(24)10-2-1-5-19-8-10/h3-4,6,10,19,25H,1-2,5,7-8H2,(H,20,23,24). The van der Waals surface area contributed by atoms with E-state index in [9.17, 15) is 14.4 Å². The first-order valence-electron chi connectivity index (χ1n) is 8.08. The molecule has 3 rings (SSSR count). The van der Waals surface area contributed by atoms with E-state index in [1.807, 2.05) is 0 Å². The molecule has 26 heavy (non-hydrogen) atoms. The zero-order valence-electron chi connectivity index (χ0n) is 13.7. The molecular weight excluding hydrogens is 409 g/mol. The average molecular weight is 426 g/mol. The Balaban J connectivity index is 1.74. The van der Waals surface area contributed by atoms with Crippen LogP contribution in [-0.2, 0) is 11.2 Å². The number of piperidine rings is 1. The van der Waals surface area contributed by atoms with Gasteiger partial charge in [0, 0.05) is 13.0 Å². The Labute approximate surface area is 156 Å². The molecule has 2 aromatic rings. The summed E-state index contributed by atoms with van der Waals surface area (Å²) < 4.78 is 18.4. The third-order valence-electron chi connectivity index (χ3n) is 4.15. The number of aromatic nitrogens is 2. The van der Waals surface area contributed by atoms with Crippen LogP contribution >= 0.6 is 15.9 Å². The van der Waals surface area contributed by atoms with Crippen LogP contribution in [0.5, 0.6) is 0 Å². The summed E-state index contributed by atoms with van der Waals surface area (Å²) >= 11 is 3.11. The SMILES string of the molecule is O=C(Nc1nonc1C(Cc1ccc(F)c(Br)c1)=NO)C1CCCNC1. The third kappa shape index (κ3) is 4.25. The smallest absolute Gasteiger partial charge is 0.230 e. The minimum atomic E-state index is -0.395. The highest BCUT2D eigenvalue weighted by Crippen LogP contribution is 2.20. The lowest BCUT2D eigenvalue weighted by atomic mass is 9.99. The fraction of sp³-hybridized carbons (Fsp3) is 0.375. The molecule has 0 spiro atoms. The Kier molecular flexibility index (Phi) is 5.94. The molecule has 3 N–H and O–H groups in total. The number of anilines is 1. The molecular formula is C16H17BrFN5O3. The van der Waals surface area contributed by atoms with E-state index in [0.717, 1.165) is 19.4 Å². The van der Waals surface area contributed by atoms with Crippen molar-refractivity contribution >= 4 is 33.4 Å². The molecule has 1 saturated heterocycles. The van der Waals surface area contributed by atoms with Gasteiger partial charge in [0.05, 0.1) is 10.4 Å². The molecule has 0 aliphatic carbocycles. The van der Waals surface area contributed by atoms with Gasteiger partial charge in [-0.3, -0.25) is 4.79 Å². The zero-order valence-corrected chi connectivity index (χ0v) is 15.3. The lowest BCUT2D eigenvalue weighted by Crippen LogP contribution is -2.37. The van der Waals surface area contributed by atoms with Gasteiger partial charge >= 0.3 is 0 Å². The van der Waals surface area contributed by atoms with Crippen LogP contribution in [0.2, 0.25) is 0 Å². The second kappa shape index (κ2) is 8.37. The molecule has 1 aliphatic rings. The Morgan fingerprint density at radius 2 is 2.35 bits per heavy atom. The number of oxime groups is 1. The van der Waals surface area contributed by atoms with Gasteiger partial charge in [-0.15, -0.1) is 0 Å². The van der Waals surface area contributed by atoms with Crippen molar-refractivity contribution in [1.29, 1.82) is 0 Å². The van der Waals surface area contributed by atoms with Crippen LogP contribution in [0.15, 0.2) is 32.5 Å². The summed E-state index contributed by atoms with van der Waals surface area (Å²) in [7, 11) is 0. The maximum Gasteiger partial charge on any atom is 0.230 e. The van der Waals surface area contributed by atoms with E-state index in [2.05, 4.69) is 42.0 Å². The molecule has 8 nitrogen and oxygen atoms in total. The normalized spacial score (nSPS) is 17.9. The fourth-order valence-electron chi connectivity index (χ4n) is 2.76. The van der Waals surface area contributed by atoms with Crippen molar-refractivity contribution in [3.05, 3.63) is 39.7 Å². The maximum absolute atomic E-state index is 13.4. The first-order valence-corrected chi connectivity index (χ1v) is 8.87. The van der Waals surface area contributed by atoms with E-state index >= 15 is 0 Å². The highest BCUT2D eigenvalue weighted by Gasteiger charge is 2.25. The summed E-state index contributed by atoms with van der Waals surface area (Å²) in [6, 6.07) is 4.43. The van der Waals surface area contributed by atoms with Crippen molar-refractivity contribution in [3.8, 4) is 0 Å². The van der Waals surface area contributed by atoms with Gasteiger partial charge in [0.25, 0.3) is 0 Å². The Bertz CT molecular complexity index is 820. The minimum Gasteiger partial charge on any atom is -0.411 e. The number of halogens is 2. The minimum absolute atomic E-state index is 0.0922. The first-order chi connectivity index (χ1) is 12.6. The number of rotatable bonds is 5. The second-order valence-corrected chi connectivity index (χ2v) is 6.82. The molecule has 1 atom stereocenters. The van der Waals surface area contributed by atoms with Gasteiger partial charge in [0.2, 0.25) is 11.7 Å². The van der Waals surface area contributed by atoms with Crippen LogP contribution in [-0.4, -0.2) is 40.2 Å². The van der Waals surface area contributed by atoms with Crippen LogP contribution < -0.4 is 10.6 Å². The van der Waals surface area contributed by atoms with Crippen LogP contribution in [0, 0.1) is 11.7 Å². The van der Waals surface area contributed by atoms with Crippen LogP contribution in [0.1, 0.15) is 24.1 Å². The molecule has 1 fully saturated rings. The lowest BCUT2D eigenvalue weighted by Gasteiger charge is -2.21. The number of carbonyl (C=O) groups is 1. The summed E-state index contributed by atoms with van der Waals surface area (Å²) in [5.41, 5.74) is 0.953. The van der Waals surface area contributed by atoms with Crippen LogP contribution in [0.3, 0.4) is 0 Å². The van der Waals surface area contributed by atoms with E-state index in [0.29, 0.717) is 16.6 Å². The van der Waals surface area contributed by atoms with Crippen LogP contribution in [0.4, 0.5) is 10.2 Å². The molecule has 0 bridgehead atoms. The summed E-state index contributed by atoms with van der Waals surface area (Å²) in [6.07, 6.45) is 1.85. The van der Waals surface area contributed by atoms with Gasteiger partial charge in [-0.1, -0.05) is 11.2 Å². The summed E-state index contributed by atoms with van der Waals surface area (Å²) in [5.74, 6) is -0.672. The number of benzene rings is 1. The first kappa shape index (κ1) is 18.5. The topological polar surface area (TPSA) is 113 Å². The largest absolute Gasteiger partial charge is 0.411 e. The molecule has 138 valence electrons. The van der Waals surface area contributed by atoms with Gasteiger partial charge in [0.15, 0.2) is 5.69 Å². The van der Waals surface area contributed by atoms with E-state index in [1.54, 1.807) is 12.1 Å². The highest BCUT2D eigenvalue weighted by atomic mass is 79.9. The Morgan fingerprint density at radius 1 is 1.50 bits per heavy atom. The van der Waals surface area contributed by atoms with E-state index in [-0.39, 0.29) is 35.5 Å². The predicted molar refractivity (Wildman–Crippen MR) is 94.6 cm³/mol. The van der Waals surface area contributed by atoms with E-state index in [4.69, 9.17) is 4.63 Å². The van der Waals surface area contributed by atoms with Crippen molar-refractivity contribution in [2.75, 3.05) is 18.4 Å². The number of carbonyl (C=O) groups excluding carboxylic acids is 1. The molecule has 2 heterocycles. The number of hydrogen-bond acceptors (Lipinski definition) is 7.